The van der Waals surface area contributed by atoms with Crippen molar-refractivity contribution in [1.82, 2.24) is 4.90 Å². The van der Waals surface area contributed by atoms with Crippen LogP contribution < -0.4 is 4.74 Å². The summed E-state index contributed by atoms with van der Waals surface area (Å²) >= 11 is 0. The Bertz CT molecular complexity index is 512. The molecule has 23 heavy (non-hydrogen) atoms. The average Bonchev–Trinajstić information content (AvgIpc) is 2.47. The Morgan fingerprint density at radius 3 is 2.65 bits per heavy atom. The number of carbonyl (C=O) groups is 1. The molecule has 1 fully saturated rings. The highest BCUT2D eigenvalue weighted by molar-refractivity contribution is 5.71. The van der Waals surface area contributed by atoms with Gasteiger partial charge in [0, 0.05) is 19.6 Å². The minimum atomic E-state index is -0.730. The van der Waals surface area contributed by atoms with Gasteiger partial charge in [-0.1, -0.05) is 38.7 Å². The van der Waals surface area contributed by atoms with E-state index in [1.165, 1.54) is 19.3 Å². The van der Waals surface area contributed by atoms with E-state index in [-0.39, 0.29) is 11.7 Å². The van der Waals surface area contributed by atoms with Gasteiger partial charge >= 0.3 is 5.97 Å². The van der Waals surface area contributed by atoms with Crippen molar-refractivity contribution in [3.63, 3.8) is 0 Å². The van der Waals surface area contributed by atoms with E-state index in [2.05, 4.69) is 11.8 Å². The third-order valence-corrected chi connectivity index (χ3v) is 4.24. The zero-order chi connectivity index (χ0) is 16.7. The summed E-state index contributed by atoms with van der Waals surface area (Å²) in [7, 11) is 0. The number of phenolic OH excluding ortho intramolecular Hbond substituents is 1. The van der Waals surface area contributed by atoms with E-state index in [1.807, 2.05) is 6.07 Å². The largest absolute Gasteiger partial charge is 0.504 e. The molecule has 0 unspecified atom stereocenters. The molecule has 5 heteroatoms. The summed E-state index contributed by atoms with van der Waals surface area (Å²) in [5, 5.41) is 18.9. The van der Waals surface area contributed by atoms with Gasteiger partial charge in [-0.3, -0.25) is 9.69 Å². The van der Waals surface area contributed by atoms with Crippen LogP contribution in [0.4, 0.5) is 0 Å². The molecule has 0 bridgehead atoms. The SMILES string of the molecule is CCCCCCCOc1ccc(CN2CC(C(=O)O)C2)cc1O. The molecule has 128 valence electrons. The number of carboxylic acids is 1. The number of aliphatic carboxylic acids is 1. The van der Waals surface area contributed by atoms with Gasteiger partial charge in [-0.25, -0.2) is 0 Å². The maximum absolute atomic E-state index is 10.8. The van der Waals surface area contributed by atoms with Gasteiger partial charge in [0.1, 0.15) is 0 Å². The van der Waals surface area contributed by atoms with Crippen LogP contribution in [-0.2, 0) is 11.3 Å². The highest BCUT2D eigenvalue weighted by Crippen LogP contribution is 2.28. The first-order chi connectivity index (χ1) is 11.1. The normalized spacial score (nSPS) is 15.3. The summed E-state index contributed by atoms with van der Waals surface area (Å²) in [6.45, 7) is 4.63. The number of benzene rings is 1. The molecule has 2 rings (SSSR count). The van der Waals surface area contributed by atoms with Crippen LogP contribution in [0, 0.1) is 5.92 Å². The Kier molecular flexibility index (Phi) is 6.71. The summed E-state index contributed by atoms with van der Waals surface area (Å²) < 4.78 is 5.62. The fraction of sp³-hybridized carbons (Fsp3) is 0.611. The number of nitrogens with zero attached hydrogens (tertiary/aromatic N) is 1. The van der Waals surface area contributed by atoms with Crippen LogP contribution in [0.3, 0.4) is 0 Å². The monoisotopic (exact) mass is 321 g/mol. The zero-order valence-corrected chi connectivity index (χ0v) is 13.8. The van der Waals surface area contributed by atoms with Crippen LogP contribution in [0.15, 0.2) is 18.2 Å². The van der Waals surface area contributed by atoms with E-state index in [4.69, 9.17) is 9.84 Å². The number of hydrogen-bond acceptors (Lipinski definition) is 4. The van der Waals surface area contributed by atoms with Crippen LogP contribution in [0.25, 0.3) is 0 Å². The minimum absolute atomic E-state index is 0.159. The Morgan fingerprint density at radius 2 is 2.00 bits per heavy atom. The topological polar surface area (TPSA) is 70.0 Å². The summed E-state index contributed by atoms with van der Waals surface area (Å²) in [5.41, 5.74) is 0.974. The summed E-state index contributed by atoms with van der Waals surface area (Å²) in [6.07, 6.45) is 5.89. The van der Waals surface area contributed by atoms with Gasteiger partial charge in [-0.15, -0.1) is 0 Å². The van der Waals surface area contributed by atoms with Gasteiger partial charge in [0.2, 0.25) is 0 Å². The number of hydrogen-bond donors (Lipinski definition) is 2. The smallest absolute Gasteiger partial charge is 0.309 e. The van der Waals surface area contributed by atoms with Crippen LogP contribution in [0.1, 0.15) is 44.6 Å². The molecule has 1 aromatic carbocycles. The van der Waals surface area contributed by atoms with Crippen molar-refractivity contribution in [2.45, 2.75) is 45.6 Å². The van der Waals surface area contributed by atoms with Gasteiger partial charge in [0.25, 0.3) is 0 Å². The van der Waals surface area contributed by atoms with Crippen LogP contribution in [0.5, 0.6) is 11.5 Å². The molecule has 2 N–H and O–H groups in total. The maximum Gasteiger partial charge on any atom is 0.309 e. The fourth-order valence-electron chi connectivity index (χ4n) is 2.78. The quantitative estimate of drug-likeness (QED) is 0.647. The van der Waals surface area contributed by atoms with Crippen molar-refractivity contribution < 1.29 is 19.7 Å². The molecule has 1 saturated heterocycles. The van der Waals surface area contributed by atoms with E-state index in [0.29, 0.717) is 32.0 Å². The van der Waals surface area contributed by atoms with E-state index < -0.39 is 5.97 Å². The molecule has 0 saturated carbocycles. The predicted octanol–water partition coefficient (Wildman–Crippen LogP) is 3.26. The first kappa shape index (κ1) is 17.6. The summed E-state index contributed by atoms with van der Waals surface area (Å²) in [5.74, 6) is -0.298. The average molecular weight is 321 g/mol. The second-order valence-corrected chi connectivity index (χ2v) is 6.29. The molecule has 1 heterocycles. The number of rotatable bonds is 10. The first-order valence-corrected chi connectivity index (χ1v) is 8.50. The second-order valence-electron chi connectivity index (χ2n) is 6.29. The molecular formula is C18H27NO4. The molecule has 1 aliphatic rings. The van der Waals surface area contributed by atoms with E-state index in [0.717, 1.165) is 18.4 Å². The van der Waals surface area contributed by atoms with Gasteiger partial charge < -0.3 is 14.9 Å². The van der Waals surface area contributed by atoms with Gasteiger partial charge in [0.15, 0.2) is 11.5 Å². The first-order valence-electron chi connectivity index (χ1n) is 8.50. The third kappa shape index (κ3) is 5.43. The predicted molar refractivity (Wildman–Crippen MR) is 88.8 cm³/mol. The molecule has 0 aliphatic carbocycles. The van der Waals surface area contributed by atoms with Crippen molar-refractivity contribution in [2.75, 3.05) is 19.7 Å². The van der Waals surface area contributed by atoms with Gasteiger partial charge in [-0.05, 0) is 24.1 Å². The summed E-state index contributed by atoms with van der Waals surface area (Å²) in [6, 6.07) is 5.44. The lowest BCUT2D eigenvalue weighted by atomic mass is 9.99. The Balaban J connectivity index is 1.72. The van der Waals surface area contributed by atoms with Crippen molar-refractivity contribution >= 4 is 5.97 Å². The van der Waals surface area contributed by atoms with Crippen molar-refractivity contribution in [2.24, 2.45) is 5.92 Å². The molecule has 1 aromatic rings. The van der Waals surface area contributed by atoms with E-state index in [1.54, 1.807) is 12.1 Å². The number of ether oxygens (including phenoxy) is 1. The third-order valence-electron chi connectivity index (χ3n) is 4.24. The molecule has 0 spiro atoms. The highest BCUT2D eigenvalue weighted by atomic mass is 16.5. The molecule has 0 atom stereocenters. The lowest BCUT2D eigenvalue weighted by Crippen LogP contribution is -2.49. The molecule has 0 amide bonds. The Morgan fingerprint density at radius 1 is 1.26 bits per heavy atom. The molecule has 0 aromatic heterocycles. The van der Waals surface area contributed by atoms with Crippen LogP contribution in [-0.4, -0.2) is 40.8 Å². The van der Waals surface area contributed by atoms with Gasteiger partial charge in [0.05, 0.1) is 12.5 Å². The second kappa shape index (κ2) is 8.77. The van der Waals surface area contributed by atoms with Crippen molar-refractivity contribution in [3.05, 3.63) is 23.8 Å². The zero-order valence-electron chi connectivity index (χ0n) is 13.8. The highest BCUT2D eigenvalue weighted by Gasteiger charge is 2.32. The van der Waals surface area contributed by atoms with Crippen molar-refractivity contribution in [3.8, 4) is 11.5 Å². The molecule has 0 radical (unpaired) electrons. The van der Waals surface area contributed by atoms with Crippen LogP contribution in [0.2, 0.25) is 0 Å². The Labute approximate surface area is 137 Å². The van der Waals surface area contributed by atoms with Gasteiger partial charge in [-0.2, -0.15) is 0 Å². The van der Waals surface area contributed by atoms with E-state index >= 15 is 0 Å². The van der Waals surface area contributed by atoms with E-state index in [9.17, 15) is 9.90 Å². The lowest BCUT2D eigenvalue weighted by Gasteiger charge is -2.36. The number of unbranched alkanes of at least 4 members (excludes halogenated alkanes) is 4. The standard InChI is InChI=1S/C18H27NO4/c1-2-3-4-5-6-9-23-17-8-7-14(10-16(17)20)11-19-12-15(13-19)18(21)22/h7-8,10,15,20H,2-6,9,11-13H2,1H3,(H,21,22). The number of carboxylic acid groups (broad SMARTS) is 1. The Hall–Kier alpha value is -1.75. The fourth-order valence-corrected chi connectivity index (χ4v) is 2.78. The minimum Gasteiger partial charge on any atom is -0.504 e. The molecule has 1 aliphatic heterocycles. The lowest BCUT2D eigenvalue weighted by molar-refractivity contribution is -0.147. The number of aromatic hydroxyl groups is 1. The number of phenols is 1. The summed E-state index contributed by atoms with van der Waals surface area (Å²) in [4.78, 5) is 12.8. The molecular weight excluding hydrogens is 294 g/mol. The molecule has 5 nitrogen and oxygen atoms in total. The van der Waals surface area contributed by atoms with Crippen molar-refractivity contribution in [1.29, 1.82) is 0 Å². The van der Waals surface area contributed by atoms with Crippen LogP contribution >= 0.6 is 0 Å². The maximum atomic E-state index is 10.8. The number of likely N-dealkylation sites (tertiary alicyclic amines) is 1.